The molecule has 0 aliphatic carbocycles. The van der Waals surface area contributed by atoms with Crippen LogP contribution in [-0.2, 0) is 20.0 Å². The lowest BCUT2D eigenvalue weighted by Crippen LogP contribution is -2.28. The van der Waals surface area contributed by atoms with E-state index in [1.807, 2.05) is 6.26 Å². The van der Waals surface area contributed by atoms with Gasteiger partial charge in [-0.3, -0.25) is 14.2 Å². The molecule has 190 valence electrons. The number of nitrogens with one attached hydrogen (secondary N) is 2. The minimum atomic E-state index is -4.02. The highest BCUT2D eigenvalue weighted by Gasteiger charge is 2.25. The molecule has 1 fully saturated rings. The summed E-state index contributed by atoms with van der Waals surface area (Å²) in [5, 5.41) is 0. The minimum absolute atomic E-state index is 0.0174. The third-order valence-electron chi connectivity index (χ3n) is 5.62. The number of anilines is 2. The van der Waals surface area contributed by atoms with Crippen molar-refractivity contribution in [3.05, 3.63) is 76.8 Å². The van der Waals surface area contributed by atoms with Gasteiger partial charge in [0.1, 0.15) is 0 Å². The van der Waals surface area contributed by atoms with E-state index >= 15 is 0 Å². The number of rotatable bonds is 8. The summed E-state index contributed by atoms with van der Waals surface area (Å²) in [7, 11) is -7.88. The molecule has 0 radical (unpaired) electrons. The molecule has 0 saturated carbocycles. The van der Waals surface area contributed by atoms with Crippen molar-refractivity contribution in [1.29, 1.82) is 0 Å². The maximum absolute atomic E-state index is 13.1. The molecule has 12 heteroatoms. The van der Waals surface area contributed by atoms with E-state index in [9.17, 15) is 21.6 Å². The quantitative estimate of drug-likeness (QED) is 0.347. The number of thioether (sulfide) groups is 1. The standard InChI is InChI=1S/C24H24BrN3O5S3/c1-34-23-13-12-21(16-22(23)24(29)28-14-2-3-15-28)36(32,33)27-19-8-10-20(11-9-19)35(30,31)26-18-6-4-17(25)5-7-18/h4-13,16,26-27H,2-3,14-15H2,1H3. The molecule has 8 nitrogen and oxygen atoms in total. The van der Waals surface area contributed by atoms with Crippen molar-refractivity contribution >= 4 is 65.0 Å². The van der Waals surface area contributed by atoms with Crippen molar-refractivity contribution < 1.29 is 21.6 Å². The Hall–Kier alpha value is -2.54. The van der Waals surface area contributed by atoms with Crippen LogP contribution in [0, 0.1) is 0 Å². The number of benzene rings is 3. The molecule has 4 rings (SSSR count). The lowest BCUT2D eigenvalue weighted by molar-refractivity contribution is 0.0789. The fraction of sp³-hybridized carbons (Fsp3) is 0.208. The normalized spacial score (nSPS) is 14.0. The summed E-state index contributed by atoms with van der Waals surface area (Å²) in [6.07, 6.45) is 3.71. The molecular weight excluding hydrogens is 586 g/mol. The molecule has 0 aromatic heterocycles. The predicted octanol–water partition coefficient (Wildman–Crippen LogP) is 5.01. The molecule has 1 heterocycles. The van der Waals surface area contributed by atoms with Crippen LogP contribution in [0.5, 0.6) is 0 Å². The Balaban J connectivity index is 1.53. The van der Waals surface area contributed by atoms with Crippen molar-refractivity contribution in [3.8, 4) is 0 Å². The fourth-order valence-corrected chi connectivity index (χ4v) is 6.74. The molecule has 1 aliphatic heterocycles. The van der Waals surface area contributed by atoms with Crippen molar-refractivity contribution in [3.63, 3.8) is 0 Å². The highest BCUT2D eigenvalue weighted by atomic mass is 79.9. The topological polar surface area (TPSA) is 113 Å². The van der Waals surface area contributed by atoms with Crippen molar-refractivity contribution in [2.75, 3.05) is 28.8 Å². The smallest absolute Gasteiger partial charge is 0.261 e. The maximum Gasteiger partial charge on any atom is 0.261 e. The number of likely N-dealkylation sites (tertiary alicyclic amines) is 1. The summed E-state index contributed by atoms with van der Waals surface area (Å²) in [5.74, 6) is -0.179. The summed E-state index contributed by atoms with van der Waals surface area (Å²) >= 11 is 4.68. The van der Waals surface area contributed by atoms with E-state index in [1.54, 1.807) is 35.2 Å². The minimum Gasteiger partial charge on any atom is -0.339 e. The van der Waals surface area contributed by atoms with Crippen LogP contribution in [0.25, 0.3) is 0 Å². The van der Waals surface area contributed by atoms with Crippen LogP contribution in [-0.4, -0.2) is 47.0 Å². The average Bonchev–Trinajstić information content (AvgIpc) is 3.40. The van der Waals surface area contributed by atoms with Crippen LogP contribution in [0.2, 0.25) is 0 Å². The predicted molar refractivity (Wildman–Crippen MR) is 146 cm³/mol. The fourth-order valence-electron chi connectivity index (χ4n) is 3.76. The molecule has 2 N–H and O–H groups in total. The largest absolute Gasteiger partial charge is 0.339 e. The van der Waals surface area contributed by atoms with Crippen LogP contribution in [0.3, 0.4) is 0 Å². The van der Waals surface area contributed by atoms with E-state index in [1.165, 1.54) is 48.2 Å². The monoisotopic (exact) mass is 609 g/mol. The van der Waals surface area contributed by atoms with Gasteiger partial charge in [-0.2, -0.15) is 0 Å². The first kappa shape index (κ1) is 26.5. The van der Waals surface area contributed by atoms with Gasteiger partial charge in [-0.15, -0.1) is 11.8 Å². The third-order valence-corrected chi connectivity index (χ3v) is 9.72. The van der Waals surface area contributed by atoms with E-state index in [0.29, 0.717) is 29.2 Å². The Labute approximate surface area is 223 Å². The van der Waals surface area contributed by atoms with Gasteiger partial charge in [0.25, 0.3) is 26.0 Å². The number of nitrogens with zero attached hydrogens (tertiary/aromatic N) is 1. The molecule has 3 aromatic carbocycles. The lowest BCUT2D eigenvalue weighted by atomic mass is 10.2. The van der Waals surface area contributed by atoms with E-state index in [0.717, 1.165) is 17.3 Å². The number of amides is 1. The second kappa shape index (κ2) is 10.8. The third kappa shape index (κ3) is 6.05. The summed E-state index contributed by atoms with van der Waals surface area (Å²) in [6, 6.07) is 16.5. The molecule has 0 spiro atoms. The summed E-state index contributed by atoms with van der Waals surface area (Å²) in [5.41, 5.74) is 0.947. The van der Waals surface area contributed by atoms with Crippen molar-refractivity contribution in [1.82, 2.24) is 4.90 Å². The first-order chi connectivity index (χ1) is 17.1. The van der Waals surface area contributed by atoms with Crippen LogP contribution >= 0.6 is 27.7 Å². The summed E-state index contributed by atoms with van der Waals surface area (Å²) in [4.78, 5) is 15.4. The molecule has 3 aromatic rings. The second-order valence-corrected chi connectivity index (χ2v) is 13.2. The summed E-state index contributed by atoms with van der Waals surface area (Å²) < 4.78 is 57.3. The molecule has 1 amide bonds. The van der Waals surface area contributed by atoms with Crippen LogP contribution in [0.4, 0.5) is 11.4 Å². The van der Waals surface area contributed by atoms with Gasteiger partial charge in [-0.25, -0.2) is 16.8 Å². The average molecular weight is 611 g/mol. The van der Waals surface area contributed by atoms with Gasteiger partial charge in [0.2, 0.25) is 0 Å². The number of sulfonamides is 2. The molecule has 1 saturated heterocycles. The van der Waals surface area contributed by atoms with Crippen LogP contribution < -0.4 is 9.44 Å². The van der Waals surface area contributed by atoms with Crippen molar-refractivity contribution in [2.24, 2.45) is 0 Å². The van der Waals surface area contributed by atoms with Gasteiger partial charge in [0.05, 0.1) is 15.4 Å². The Kier molecular flexibility index (Phi) is 7.98. The lowest BCUT2D eigenvalue weighted by Gasteiger charge is -2.18. The van der Waals surface area contributed by atoms with E-state index in [2.05, 4.69) is 25.4 Å². The van der Waals surface area contributed by atoms with E-state index in [-0.39, 0.29) is 21.4 Å². The van der Waals surface area contributed by atoms with Gasteiger partial charge in [0, 0.05) is 33.8 Å². The van der Waals surface area contributed by atoms with Crippen LogP contribution in [0.1, 0.15) is 23.2 Å². The number of hydrogen-bond donors (Lipinski definition) is 2. The zero-order chi connectivity index (χ0) is 25.9. The Morgan fingerprint density at radius 2 is 1.31 bits per heavy atom. The molecule has 0 unspecified atom stereocenters. The molecular formula is C24H24BrN3O5S3. The Bertz CT molecular complexity index is 1470. The molecule has 0 atom stereocenters. The number of hydrogen-bond acceptors (Lipinski definition) is 6. The second-order valence-electron chi connectivity index (χ2n) is 8.10. The Morgan fingerprint density at radius 3 is 1.86 bits per heavy atom. The van der Waals surface area contributed by atoms with Crippen molar-refractivity contribution in [2.45, 2.75) is 27.5 Å². The highest BCUT2D eigenvalue weighted by molar-refractivity contribution is 9.10. The zero-order valence-electron chi connectivity index (χ0n) is 19.3. The molecule has 1 aliphatic rings. The van der Waals surface area contributed by atoms with E-state index < -0.39 is 20.0 Å². The summed E-state index contributed by atoms with van der Waals surface area (Å²) in [6.45, 7) is 1.32. The van der Waals surface area contributed by atoms with E-state index in [4.69, 9.17) is 0 Å². The SMILES string of the molecule is CSc1ccc(S(=O)(=O)Nc2ccc(S(=O)(=O)Nc3ccc(Br)cc3)cc2)cc1C(=O)N1CCCC1. The van der Waals surface area contributed by atoms with Gasteiger partial charge in [-0.1, -0.05) is 15.9 Å². The first-order valence-corrected chi connectivity index (χ1v) is 16.0. The van der Waals surface area contributed by atoms with Gasteiger partial charge < -0.3 is 4.90 Å². The molecule has 36 heavy (non-hydrogen) atoms. The Morgan fingerprint density at radius 1 is 0.806 bits per heavy atom. The number of carbonyl (C=O) groups is 1. The van der Waals surface area contributed by atoms with Gasteiger partial charge >= 0.3 is 0 Å². The highest BCUT2D eigenvalue weighted by Crippen LogP contribution is 2.28. The number of halogens is 1. The zero-order valence-corrected chi connectivity index (χ0v) is 23.3. The number of carbonyl (C=O) groups excluding carboxylic acids is 1. The van der Waals surface area contributed by atoms with Gasteiger partial charge in [0.15, 0.2) is 0 Å². The van der Waals surface area contributed by atoms with Crippen LogP contribution in [0.15, 0.2) is 85.9 Å². The molecule has 0 bridgehead atoms. The maximum atomic E-state index is 13.1. The van der Waals surface area contributed by atoms with Gasteiger partial charge in [-0.05, 0) is 85.8 Å². The first-order valence-electron chi connectivity index (χ1n) is 11.0.